The van der Waals surface area contributed by atoms with Gasteiger partial charge in [0.25, 0.3) is 0 Å². The summed E-state index contributed by atoms with van der Waals surface area (Å²) in [4.78, 5) is 26.1. The van der Waals surface area contributed by atoms with Crippen LogP contribution in [-0.2, 0) is 25.8 Å². The van der Waals surface area contributed by atoms with Crippen LogP contribution in [0.4, 0.5) is 5.82 Å². The minimum absolute atomic E-state index is 0.0441. The zero-order valence-electron chi connectivity index (χ0n) is 19.1. The average Bonchev–Trinajstić information content (AvgIpc) is 3.43. The summed E-state index contributed by atoms with van der Waals surface area (Å²) in [5.41, 5.74) is 1.37. The van der Waals surface area contributed by atoms with E-state index in [0.717, 1.165) is 4.88 Å². The molecule has 34 heavy (non-hydrogen) atoms. The molecule has 4 rings (SSSR count). The number of nitrogens with zero attached hydrogens (tertiary/aromatic N) is 2. The van der Waals surface area contributed by atoms with Crippen molar-refractivity contribution in [3.63, 3.8) is 0 Å². The molecule has 2 unspecified atom stereocenters. The van der Waals surface area contributed by atoms with Crippen molar-refractivity contribution in [3.8, 4) is 10.6 Å². The fraction of sp³-hybridized carbons (Fsp3) is 0.348. The van der Waals surface area contributed by atoms with Crippen LogP contribution in [0.2, 0.25) is 0 Å². The van der Waals surface area contributed by atoms with Crippen molar-refractivity contribution in [2.75, 3.05) is 5.32 Å². The molecular formula is C23H27N5O4S2. The Morgan fingerprint density at radius 2 is 2.00 bits per heavy atom. The Balaban J connectivity index is 1.54. The van der Waals surface area contributed by atoms with E-state index < -0.39 is 21.4 Å². The summed E-state index contributed by atoms with van der Waals surface area (Å²) in [6.45, 7) is 5.18. The van der Waals surface area contributed by atoms with Gasteiger partial charge in [-0.2, -0.15) is 5.10 Å². The second-order valence-electron chi connectivity index (χ2n) is 8.54. The van der Waals surface area contributed by atoms with Crippen molar-refractivity contribution >= 4 is 38.8 Å². The standard InChI is InChI=1S/C23H27N5O4S2/c1-14(2)34(31,32)17-8-6-16(7-9-17)12-22(30)25-20-13-18(19-5-4-10-33-19)27-28(20)23-24-15(3)11-21(29)26-23/h4-10,13-15,23-24H,11-12H2,1-3H3,(H,25,30)(H,26,29). The normalized spacial score (nSPS) is 18.6. The Labute approximate surface area is 202 Å². The van der Waals surface area contributed by atoms with Gasteiger partial charge in [-0.05, 0) is 49.9 Å². The molecule has 1 aromatic carbocycles. The zero-order valence-corrected chi connectivity index (χ0v) is 20.7. The molecule has 0 aliphatic carbocycles. The first-order valence-electron chi connectivity index (χ1n) is 10.9. The average molecular weight is 502 g/mol. The number of anilines is 1. The maximum absolute atomic E-state index is 12.9. The number of carbonyl (C=O) groups excluding carboxylic acids is 2. The lowest BCUT2D eigenvalue weighted by molar-refractivity contribution is -0.125. The highest BCUT2D eigenvalue weighted by Gasteiger charge is 2.27. The van der Waals surface area contributed by atoms with Crippen LogP contribution in [0.25, 0.3) is 10.6 Å². The number of aromatic nitrogens is 2. The van der Waals surface area contributed by atoms with E-state index in [1.165, 1.54) is 23.5 Å². The quantitative estimate of drug-likeness (QED) is 0.458. The van der Waals surface area contributed by atoms with Crippen molar-refractivity contribution in [1.82, 2.24) is 20.4 Å². The smallest absolute Gasteiger partial charge is 0.229 e. The minimum atomic E-state index is -3.37. The third kappa shape index (κ3) is 5.21. The van der Waals surface area contributed by atoms with Crippen LogP contribution >= 0.6 is 11.3 Å². The molecule has 1 saturated heterocycles. The second-order valence-corrected chi connectivity index (χ2v) is 12.0. The van der Waals surface area contributed by atoms with E-state index in [-0.39, 0.29) is 29.2 Å². The molecule has 0 radical (unpaired) electrons. The van der Waals surface area contributed by atoms with Crippen LogP contribution in [0.1, 0.15) is 39.0 Å². The van der Waals surface area contributed by atoms with Gasteiger partial charge in [0, 0.05) is 18.5 Å². The molecule has 2 amide bonds. The van der Waals surface area contributed by atoms with E-state index in [9.17, 15) is 18.0 Å². The van der Waals surface area contributed by atoms with E-state index >= 15 is 0 Å². The maximum atomic E-state index is 12.9. The van der Waals surface area contributed by atoms with E-state index in [4.69, 9.17) is 0 Å². The second kappa shape index (κ2) is 9.69. The fourth-order valence-electron chi connectivity index (χ4n) is 3.66. The molecule has 1 aliphatic rings. The first-order chi connectivity index (χ1) is 16.1. The zero-order chi connectivity index (χ0) is 24.5. The predicted octanol–water partition coefficient (Wildman–Crippen LogP) is 2.93. The summed E-state index contributed by atoms with van der Waals surface area (Å²) in [6, 6.07) is 11.9. The number of benzene rings is 1. The van der Waals surface area contributed by atoms with Gasteiger partial charge in [0.1, 0.15) is 11.5 Å². The van der Waals surface area contributed by atoms with Gasteiger partial charge in [-0.1, -0.05) is 18.2 Å². The Morgan fingerprint density at radius 3 is 2.62 bits per heavy atom. The molecular weight excluding hydrogens is 474 g/mol. The predicted molar refractivity (Wildman–Crippen MR) is 131 cm³/mol. The monoisotopic (exact) mass is 501 g/mol. The van der Waals surface area contributed by atoms with Crippen LogP contribution in [0.5, 0.6) is 0 Å². The topological polar surface area (TPSA) is 122 Å². The number of nitrogens with one attached hydrogen (secondary N) is 3. The van der Waals surface area contributed by atoms with Gasteiger partial charge in [-0.15, -0.1) is 11.3 Å². The summed E-state index contributed by atoms with van der Waals surface area (Å²) >= 11 is 1.53. The number of carbonyl (C=O) groups is 2. The third-order valence-electron chi connectivity index (χ3n) is 5.49. The molecule has 3 N–H and O–H groups in total. The first kappa shape index (κ1) is 24.1. The molecule has 11 heteroatoms. The van der Waals surface area contributed by atoms with Crippen molar-refractivity contribution in [1.29, 1.82) is 0 Å². The summed E-state index contributed by atoms with van der Waals surface area (Å²) in [6.07, 6.45) is -0.178. The molecule has 9 nitrogen and oxygen atoms in total. The molecule has 2 atom stereocenters. The molecule has 2 aromatic heterocycles. The van der Waals surface area contributed by atoms with Crippen molar-refractivity contribution in [3.05, 3.63) is 53.4 Å². The van der Waals surface area contributed by atoms with Crippen LogP contribution in [0.3, 0.4) is 0 Å². The Hall–Kier alpha value is -3.02. The molecule has 3 aromatic rings. The lowest BCUT2D eigenvalue weighted by atomic mass is 10.1. The first-order valence-corrected chi connectivity index (χ1v) is 13.4. The summed E-state index contributed by atoms with van der Waals surface area (Å²) in [5, 5.41) is 15.1. The Kier molecular flexibility index (Phi) is 6.87. The SMILES string of the molecule is CC1CC(=O)NC(n2nc(-c3cccs3)cc2NC(=O)Cc2ccc(S(=O)(=O)C(C)C)cc2)N1. The van der Waals surface area contributed by atoms with Gasteiger partial charge in [0.2, 0.25) is 11.8 Å². The van der Waals surface area contributed by atoms with Crippen LogP contribution in [0, 0.1) is 0 Å². The van der Waals surface area contributed by atoms with Gasteiger partial charge in [0.15, 0.2) is 16.1 Å². The molecule has 1 fully saturated rings. The summed E-state index contributed by atoms with van der Waals surface area (Å²) < 4.78 is 26.2. The van der Waals surface area contributed by atoms with Crippen LogP contribution in [0.15, 0.2) is 52.7 Å². The van der Waals surface area contributed by atoms with E-state index in [1.54, 1.807) is 36.7 Å². The Morgan fingerprint density at radius 1 is 1.26 bits per heavy atom. The number of thiophene rings is 1. The van der Waals surface area contributed by atoms with Gasteiger partial charge >= 0.3 is 0 Å². The van der Waals surface area contributed by atoms with E-state index in [0.29, 0.717) is 23.5 Å². The highest BCUT2D eigenvalue weighted by molar-refractivity contribution is 7.92. The summed E-state index contributed by atoms with van der Waals surface area (Å²) in [7, 11) is -3.37. The molecule has 180 valence electrons. The van der Waals surface area contributed by atoms with Gasteiger partial charge in [0.05, 0.1) is 21.4 Å². The maximum Gasteiger partial charge on any atom is 0.229 e. The minimum Gasteiger partial charge on any atom is -0.322 e. The fourth-order valence-corrected chi connectivity index (χ4v) is 5.40. The van der Waals surface area contributed by atoms with Gasteiger partial charge in [-0.3, -0.25) is 14.9 Å². The number of hydrogen-bond donors (Lipinski definition) is 3. The molecule has 0 bridgehead atoms. The summed E-state index contributed by atoms with van der Waals surface area (Å²) in [5.74, 6) is 0.0611. The van der Waals surface area contributed by atoms with Crippen LogP contribution in [-0.4, -0.2) is 41.3 Å². The highest BCUT2D eigenvalue weighted by atomic mass is 32.2. The Bertz CT molecular complexity index is 1280. The number of hydrogen-bond acceptors (Lipinski definition) is 7. The van der Waals surface area contributed by atoms with Crippen LogP contribution < -0.4 is 16.0 Å². The molecule has 0 saturated carbocycles. The van der Waals surface area contributed by atoms with Crippen molar-refractivity contribution in [2.45, 2.75) is 56.1 Å². The van der Waals surface area contributed by atoms with Gasteiger partial charge < -0.3 is 10.6 Å². The van der Waals surface area contributed by atoms with Gasteiger partial charge in [-0.25, -0.2) is 13.1 Å². The largest absolute Gasteiger partial charge is 0.322 e. The van der Waals surface area contributed by atoms with Crippen molar-refractivity contribution in [2.24, 2.45) is 0 Å². The highest BCUT2D eigenvalue weighted by Crippen LogP contribution is 2.28. The lowest BCUT2D eigenvalue weighted by Crippen LogP contribution is -2.52. The number of sulfone groups is 1. The molecule has 0 spiro atoms. The lowest BCUT2D eigenvalue weighted by Gasteiger charge is -2.30. The van der Waals surface area contributed by atoms with E-state index in [2.05, 4.69) is 21.0 Å². The number of rotatable bonds is 7. The van der Waals surface area contributed by atoms with E-state index in [1.807, 2.05) is 24.4 Å². The number of amides is 2. The molecule has 3 heterocycles. The third-order valence-corrected chi connectivity index (χ3v) is 8.55. The van der Waals surface area contributed by atoms with Crippen molar-refractivity contribution < 1.29 is 18.0 Å². The molecule has 1 aliphatic heterocycles.